The van der Waals surface area contributed by atoms with Crippen molar-refractivity contribution < 1.29 is 18.0 Å². The number of carbonyl (C=O) groups excluding carboxylic acids is 1. The summed E-state index contributed by atoms with van der Waals surface area (Å²) in [7, 11) is 1.82. The average molecular weight is 459 g/mol. The van der Waals surface area contributed by atoms with Crippen LogP contribution >= 0.6 is 11.3 Å². The fraction of sp³-hybridized carbons (Fsp3) is 0.348. The molecule has 0 atom stereocenters. The van der Waals surface area contributed by atoms with E-state index >= 15 is 0 Å². The zero-order valence-corrected chi connectivity index (χ0v) is 18.1. The van der Waals surface area contributed by atoms with E-state index in [4.69, 9.17) is 5.26 Å². The summed E-state index contributed by atoms with van der Waals surface area (Å²) in [6.07, 6.45) is -1.58. The zero-order chi connectivity index (χ0) is 22.9. The van der Waals surface area contributed by atoms with Gasteiger partial charge in [-0.2, -0.15) is 18.4 Å². The van der Waals surface area contributed by atoms with E-state index in [1.807, 2.05) is 18.0 Å². The number of hydrogen-bond acceptors (Lipinski definition) is 5. The van der Waals surface area contributed by atoms with Gasteiger partial charge in [0.1, 0.15) is 11.8 Å². The van der Waals surface area contributed by atoms with Crippen LogP contribution in [0.2, 0.25) is 0 Å². The van der Waals surface area contributed by atoms with Gasteiger partial charge in [0.2, 0.25) is 0 Å². The number of nitriles is 1. The molecule has 1 N–H and O–H groups in total. The monoisotopic (exact) mass is 458 g/mol. The first-order valence-electron chi connectivity index (χ1n) is 10.3. The fourth-order valence-electron chi connectivity index (χ4n) is 4.17. The third-order valence-corrected chi connectivity index (χ3v) is 6.83. The van der Waals surface area contributed by atoms with Crippen molar-refractivity contribution >= 4 is 33.8 Å². The molecular weight excluding hydrogens is 437 g/mol. The molecule has 0 unspecified atom stereocenters. The number of nitrogens with one attached hydrogen (secondary N) is 1. The van der Waals surface area contributed by atoms with Crippen LogP contribution < -0.4 is 10.2 Å². The molecule has 2 aromatic heterocycles. The number of halogens is 3. The zero-order valence-electron chi connectivity index (χ0n) is 17.3. The van der Waals surface area contributed by atoms with Crippen LogP contribution in [0.4, 0.5) is 18.9 Å². The van der Waals surface area contributed by atoms with Gasteiger partial charge < -0.3 is 10.2 Å². The summed E-state index contributed by atoms with van der Waals surface area (Å²) in [5, 5.41) is 14.3. The number of rotatable bonds is 4. The first-order chi connectivity index (χ1) is 15.3. The first kappa shape index (κ1) is 22.1. The molecule has 166 valence electrons. The highest BCUT2D eigenvalue weighted by Gasteiger charge is 2.34. The second-order valence-corrected chi connectivity index (χ2v) is 8.85. The van der Waals surface area contributed by atoms with Gasteiger partial charge in [0.15, 0.2) is 0 Å². The summed E-state index contributed by atoms with van der Waals surface area (Å²) in [4.78, 5) is 18.6. The Labute approximate surface area is 187 Å². The Morgan fingerprint density at radius 3 is 2.59 bits per heavy atom. The topological polar surface area (TPSA) is 69.0 Å². The van der Waals surface area contributed by atoms with Gasteiger partial charge in [-0.1, -0.05) is 18.2 Å². The van der Waals surface area contributed by atoms with Crippen LogP contribution in [0, 0.1) is 11.3 Å². The number of benzene rings is 1. The summed E-state index contributed by atoms with van der Waals surface area (Å²) in [5.41, 5.74) is 0.399. The van der Waals surface area contributed by atoms with Gasteiger partial charge in [-0.25, -0.2) is 4.98 Å². The lowest BCUT2D eigenvalue weighted by atomic mass is 9.89. The van der Waals surface area contributed by atoms with E-state index in [2.05, 4.69) is 10.3 Å². The van der Waals surface area contributed by atoms with Crippen molar-refractivity contribution in [1.29, 1.82) is 5.26 Å². The van der Waals surface area contributed by atoms with Crippen LogP contribution in [0.3, 0.4) is 0 Å². The van der Waals surface area contributed by atoms with E-state index < -0.39 is 11.9 Å². The highest BCUT2D eigenvalue weighted by Crippen LogP contribution is 2.36. The number of pyridine rings is 1. The molecule has 9 heteroatoms. The lowest BCUT2D eigenvalue weighted by Gasteiger charge is -2.36. The molecule has 0 bridgehead atoms. The number of amides is 1. The van der Waals surface area contributed by atoms with Crippen LogP contribution in [0.25, 0.3) is 10.9 Å². The molecule has 32 heavy (non-hydrogen) atoms. The normalized spacial score (nSPS) is 18.8. The third-order valence-electron chi connectivity index (χ3n) is 5.90. The van der Waals surface area contributed by atoms with Crippen molar-refractivity contribution in [1.82, 2.24) is 10.3 Å². The number of thiophene rings is 1. The molecule has 1 aliphatic carbocycles. The molecule has 1 fully saturated rings. The van der Waals surface area contributed by atoms with Gasteiger partial charge in [-0.3, -0.25) is 4.79 Å². The summed E-state index contributed by atoms with van der Waals surface area (Å²) in [6, 6.07) is 11.6. The number of hydrogen-bond donors (Lipinski definition) is 1. The quantitative estimate of drug-likeness (QED) is 0.571. The number of anilines is 1. The molecule has 4 rings (SSSR count). The Balaban J connectivity index is 1.46. The van der Waals surface area contributed by atoms with Crippen LogP contribution in [0.1, 0.15) is 46.6 Å². The molecule has 0 spiro atoms. The fourth-order valence-corrected chi connectivity index (χ4v) is 4.90. The molecule has 1 amide bonds. The maximum atomic E-state index is 13.4. The second-order valence-electron chi connectivity index (χ2n) is 7.94. The van der Waals surface area contributed by atoms with Crippen molar-refractivity contribution in [2.45, 2.75) is 43.9 Å². The Bertz CT molecular complexity index is 1180. The Morgan fingerprint density at radius 1 is 1.22 bits per heavy atom. The van der Waals surface area contributed by atoms with Crippen LogP contribution in [-0.4, -0.2) is 30.0 Å². The Hall–Kier alpha value is -3.12. The maximum absolute atomic E-state index is 13.4. The van der Waals surface area contributed by atoms with Gasteiger partial charge in [0.25, 0.3) is 5.91 Å². The number of carbonyl (C=O) groups is 1. The predicted molar refractivity (Wildman–Crippen MR) is 118 cm³/mol. The predicted octanol–water partition coefficient (Wildman–Crippen LogP) is 5.36. The van der Waals surface area contributed by atoms with Crippen LogP contribution in [0.15, 0.2) is 41.8 Å². The van der Waals surface area contributed by atoms with Crippen molar-refractivity contribution in [2.75, 3.05) is 11.9 Å². The van der Waals surface area contributed by atoms with Crippen LogP contribution in [0.5, 0.6) is 0 Å². The largest absolute Gasteiger partial charge is 0.433 e. The molecule has 5 nitrogen and oxygen atoms in total. The number of para-hydroxylation sites is 1. The first-order valence-corrected chi connectivity index (χ1v) is 11.1. The molecule has 1 saturated carbocycles. The van der Waals surface area contributed by atoms with Crippen molar-refractivity contribution in [3.05, 3.63) is 57.9 Å². The Kier molecular flexibility index (Phi) is 6.07. The van der Waals surface area contributed by atoms with E-state index in [9.17, 15) is 18.0 Å². The summed E-state index contributed by atoms with van der Waals surface area (Å²) < 4.78 is 40.2. The molecule has 0 aliphatic heterocycles. The standard InChI is InChI=1S/C23H21F3N4OS/c1-30(19-11-21(23(24,25)26)29-18-5-3-2-4-17(18)19)16-8-6-15(7-9-16)28-22(31)20-10-14(12-27)13-32-20/h2-5,10-11,13,15-16H,6-9H2,1H3,(H,28,31). The highest BCUT2D eigenvalue weighted by molar-refractivity contribution is 7.12. The number of aromatic nitrogens is 1. The van der Waals surface area contributed by atoms with E-state index in [0.29, 0.717) is 27.0 Å². The molecule has 2 heterocycles. The molecule has 3 aromatic rings. The average Bonchev–Trinajstić information content (AvgIpc) is 3.27. The minimum absolute atomic E-state index is 0.000272. The molecule has 0 radical (unpaired) electrons. The lowest BCUT2D eigenvalue weighted by molar-refractivity contribution is -0.140. The van der Waals surface area contributed by atoms with E-state index in [1.165, 1.54) is 11.3 Å². The molecular formula is C23H21F3N4OS. The number of nitrogens with zero attached hydrogens (tertiary/aromatic N) is 3. The highest BCUT2D eigenvalue weighted by atomic mass is 32.1. The third kappa shape index (κ3) is 4.55. The minimum atomic E-state index is -4.52. The van der Waals surface area contributed by atoms with Gasteiger partial charge in [0.05, 0.1) is 16.0 Å². The molecule has 0 saturated heterocycles. The number of fused-ring (bicyclic) bond motifs is 1. The number of alkyl halides is 3. The van der Waals surface area contributed by atoms with Crippen molar-refractivity contribution in [2.24, 2.45) is 0 Å². The van der Waals surface area contributed by atoms with Gasteiger partial charge in [-0.05, 0) is 43.9 Å². The summed E-state index contributed by atoms with van der Waals surface area (Å²) in [6.45, 7) is 0. The lowest BCUT2D eigenvalue weighted by Crippen LogP contribution is -2.42. The van der Waals surface area contributed by atoms with E-state index in [1.54, 1.807) is 35.7 Å². The Morgan fingerprint density at radius 2 is 1.94 bits per heavy atom. The SMILES string of the molecule is CN(c1cc(C(F)(F)F)nc2ccccc12)C1CCC(NC(=O)c2cc(C#N)cs2)CC1. The van der Waals surface area contributed by atoms with Crippen molar-refractivity contribution in [3.63, 3.8) is 0 Å². The maximum Gasteiger partial charge on any atom is 0.433 e. The van der Waals surface area contributed by atoms with E-state index in [-0.39, 0.29) is 18.0 Å². The second kappa shape index (κ2) is 8.79. The van der Waals surface area contributed by atoms with Gasteiger partial charge in [0, 0.05) is 35.6 Å². The molecule has 1 aliphatic rings. The van der Waals surface area contributed by atoms with Gasteiger partial charge in [-0.15, -0.1) is 11.3 Å². The van der Waals surface area contributed by atoms with Gasteiger partial charge >= 0.3 is 6.18 Å². The molecule has 1 aromatic carbocycles. The van der Waals surface area contributed by atoms with Crippen LogP contribution in [-0.2, 0) is 6.18 Å². The van der Waals surface area contributed by atoms with Crippen molar-refractivity contribution in [3.8, 4) is 6.07 Å². The minimum Gasteiger partial charge on any atom is -0.371 e. The smallest absolute Gasteiger partial charge is 0.371 e. The summed E-state index contributed by atoms with van der Waals surface area (Å²) in [5.74, 6) is -0.191. The van der Waals surface area contributed by atoms with E-state index in [0.717, 1.165) is 31.7 Å². The summed E-state index contributed by atoms with van der Waals surface area (Å²) >= 11 is 1.24.